The fraction of sp³-hybridized carbons (Fsp3) is 0.333. The molecular formula is C24H30N4O3S. The molecule has 8 heteroatoms. The van der Waals surface area contributed by atoms with Gasteiger partial charge in [0.05, 0.1) is 0 Å². The van der Waals surface area contributed by atoms with Crippen molar-refractivity contribution in [3.8, 4) is 0 Å². The first-order chi connectivity index (χ1) is 15.4. The van der Waals surface area contributed by atoms with Crippen LogP contribution in [0.3, 0.4) is 0 Å². The maximum atomic E-state index is 12.3. The molecule has 0 aromatic heterocycles. The molecule has 0 atom stereocenters. The molecule has 0 fully saturated rings. The summed E-state index contributed by atoms with van der Waals surface area (Å²) < 4.78 is 0. The van der Waals surface area contributed by atoms with Gasteiger partial charge in [-0.3, -0.25) is 25.2 Å². The molecule has 2 aromatic carbocycles. The molecule has 0 aliphatic rings. The van der Waals surface area contributed by atoms with Crippen LogP contribution in [0, 0.1) is 6.92 Å². The zero-order chi connectivity index (χ0) is 23.3. The zero-order valence-electron chi connectivity index (χ0n) is 18.5. The van der Waals surface area contributed by atoms with Crippen molar-refractivity contribution in [2.75, 3.05) is 5.32 Å². The summed E-state index contributed by atoms with van der Waals surface area (Å²) in [6.45, 7) is 4.06. The number of carbonyl (C=O) groups excluding carboxylic acids is 3. The first kappa shape index (κ1) is 25.0. The van der Waals surface area contributed by atoms with Crippen molar-refractivity contribution >= 4 is 40.7 Å². The number of hydrazine groups is 1. The minimum absolute atomic E-state index is 0.0407. The molecule has 0 heterocycles. The third-order valence-electron chi connectivity index (χ3n) is 4.74. The largest absolute Gasteiger partial charge is 0.322 e. The molecule has 0 unspecified atom stereocenters. The van der Waals surface area contributed by atoms with Crippen molar-refractivity contribution < 1.29 is 14.4 Å². The van der Waals surface area contributed by atoms with Crippen LogP contribution in [-0.4, -0.2) is 22.8 Å². The van der Waals surface area contributed by atoms with Gasteiger partial charge in [0.2, 0.25) is 5.91 Å². The molecular weight excluding hydrogens is 424 g/mol. The van der Waals surface area contributed by atoms with Crippen LogP contribution in [0.2, 0.25) is 0 Å². The van der Waals surface area contributed by atoms with Crippen LogP contribution in [0.4, 0.5) is 5.69 Å². The summed E-state index contributed by atoms with van der Waals surface area (Å²) >= 11 is 5.04. The number of anilines is 1. The third-order valence-corrected chi connectivity index (χ3v) is 4.94. The van der Waals surface area contributed by atoms with Gasteiger partial charge in [0, 0.05) is 23.2 Å². The fourth-order valence-electron chi connectivity index (χ4n) is 2.99. The van der Waals surface area contributed by atoms with Crippen LogP contribution >= 0.6 is 12.2 Å². The van der Waals surface area contributed by atoms with E-state index in [0.29, 0.717) is 23.2 Å². The lowest BCUT2D eigenvalue weighted by Crippen LogP contribution is -2.48. The molecule has 2 aromatic rings. The number of rotatable bonds is 9. The SMILES string of the molecule is CCCCCCCC(=O)NC(=S)NNC(=O)c1ccc(NC(=O)c2cccc(C)c2)cc1. The van der Waals surface area contributed by atoms with Gasteiger partial charge in [-0.25, -0.2) is 0 Å². The van der Waals surface area contributed by atoms with E-state index in [4.69, 9.17) is 12.2 Å². The van der Waals surface area contributed by atoms with Gasteiger partial charge in [0.25, 0.3) is 11.8 Å². The van der Waals surface area contributed by atoms with Crippen LogP contribution in [-0.2, 0) is 4.79 Å². The molecule has 3 amide bonds. The molecule has 0 spiro atoms. The summed E-state index contributed by atoms with van der Waals surface area (Å²) in [4.78, 5) is 36.4. The molecule has 32 heavy (non-hydrogen) atoms. The first-order valence-corrected chi connectivity index (χ1v) is 11.2. The highest BCUT2D eigenvalue weighted by Gasteiger charge is 2.10. The predicted octanol–water partition coefficient (Wildman–Crippen LogP) is 4.24. The molecule has 0 saturated carbocycles. The fourth-order valence-corrected chi connectivity index (χ4v) is 3.15. The summed E-state index contributed by atoms with van der Waals surface area (Å²) in [5, 5.41) is 5.38. The minimum Gasteiger partial charge on any atom is -0.322 e. The van der Waals surface area contributed by atoms with E-state index >= 15 is 0 Å². The van der Waals surface area contributed by atoms with E-state index in [9.17, 15) is 14.4 Å². The molecule has 0 saturated heterocycles. The van der Waals surface area contributed by atoms with Crippen molar-refractivity contribution in [2.24, 2.45) is 0 Å². The Kier molecular flexibility index (Phi) is 10.3. The highest BCUT2D eigenvalue weighted by atomic mass is 32.1. The minimum atomic E-state index is -0.419. The van der Waals surface area contributed by atoms with E-state index < -0.39 is 5.91 Å². The van der Waals surface area contributed by atoms with Crippen LogP contribution < -0.4 is 21.5 Å². The van der Waals surface area contributed by atoms with Crippen molar-refractivity contribution in [2.45, 2.75) is 52.4 Å². The van der Waals surface area contributed by atoms with Crippen LogP contribution in [0.25, 0.3) is 0 Å². The van der Waals surface area contributed by atoms with Gasteiger partial charge in [-0.2, -0.15) is 0 Å². The Morgan fingerprint density at radius 1 is 0.844 bits per heavy atom. The van der Waals surface area contributed by atoms with Gasteiger partial charge in [0.15, 0.2) is 5.11 Å². The van der Waals surface area contributed by atoms with E-state index in [-0.39, 0.29) is 16.9 Å². The van der Waals surface area contributed by atoms with E-state index in [1.54, 1.807) is 36.4 Å². The van der Waals surface area contributed by atoms with E-state index in [0.717, 1.165) is 31.2 Å². The van der Waals surface area contributed by atoms with Crippen molar-refractivity contribution in [1.29, 1.82) is 0 Å². The van der Waals surface area contributed by atoms with Crippen molar-refractivity contribution in [1.82, 2.24) is 16.2 Å². The zero-order valence-corrected chi connectivity index (χ0v) is 19.3. The maximum absolute atomic E-state index is 12.3. The quantitative estimate of drug-likeness (QED) is 0.258. The molecule has 0 bridgehead atoms. The Hall–Kier alpha value is -3.26. The Balaban J connectivity index is 1.74. The van der Waals surface area contributed by atoms with Gasteiger partial charge in [-0.15, -0.1) is 0 Å². The topological polar surface area (TPSA) is 99.3 Å². The smallest absolute Gasteiger partial charge is 0.269 e. The first-order valence-electron chi connectivity index (χ1n) is 10.8. The molecule has 4 N–H and O–H groups in total. The normalized spacial score (nSPS) is 10.2. The second kappa shape index (κ2) is 13.2. The molecule has 2 rings (SSSR count). The van der Waals surface area contributed by atoms with Gasteiger partial charge in [-0.1, -0.05) is 50.3 Å². The molecule has 0 aliphatic carbocycles. The summed E-state index contributed by atoms with van der Waals surface area (Å²) in [7, 11) is 0. The Bertz CT molecular complexity index is 945. The molecule has 7 nitrogen and oxygen atoms in total. The van der Waals surface area contributed by atoms with Gasteiger partial charge < -0.3 is 10.6 Å². The highest BCUT2D eigenvalue weighted by molar-refractivity contribution is 7.80. The number of aryl methyl sites for hydroxylation is 1. The van der Waals surface area contributed by atoms with Gasteiger partial charge in [0.1, 0.15) is 0 Å². The van der Waals surface area contributed by atoms with Crippen molar-refractivity contribution in [3.63, 3.8) is 0 Å². The van der Waals surface area contributed by atoms with E-state index in [1.807, 2.05) is 19.1 Å². The van der Waals surface area contributed by atoms with E-state index in [1.165, 1.54) is 6.42 Å². The standard InChI is InChI=1S/C24H30N4O3S/c1-3-4-5-6-7-11-21(29)26-24(32)28-27-23(31)18-12-14-20(15-13-18)25-22(30)19-10-8-9-17(2)16-19/h8-10,12-16H,3-7,11H2,1-2H3,(H,25,30)(H,27,31)(H2,26,28,29,32). The second-order valence-corrected chi connectivity index (χ2v) is 7.93. The number of carbonyl (C=O) groups is 3. The lowest BCUT2D eigenvalue weighted by atomic mass is 10.1. The number of benzene rings is 2. The number of nitrogens with one attached hydrogen (secondary N) is 4. The molecule has 0 aliphatic heterocycles. The summed E-state index contributed by atoms with van der Waals surface area (Å²) in [5.41, 5.74) is 7.48. The number of thiocarbonyl (C=S) groups is 1. The van der Waals surface area contributed by atoms with Crippen LogP contribution in [0.15, 0.2) is 48.5 Å². The Morgan fingerprint density at radius 2 is 1.56 bits per heavy atom. The number of amides is 3. The third kappa shape index (κ3) is 8.85. The number of unbranched alkanes of at least 4 members (excludes halogenated alkanes) is 4. The van der Waals surface area contributed by atoms with Crippen LogP contribution in [0.1, 0.15) is 71.7 Å². The van der Waals surface area contributed by atoms with Gasteiger partial charge in [-0.05, 0) is 62.0 Å². The lowest BCUT2D eigenvalue weighted by molar-refractivity contribution is -0.119. The molecule has 0 radical (unpaired) electrons. The van der Waals surface area contributed by atoms with Gasteiger partial charge >= 0.3 is 0 Å². The lowest BCUT2D eigenvalue weighted by Gasteiger charge is -2.11. The Morgan fingerprint density at radius 3 is 2.25 bits per heavy atom. The number of hydrogen-bond donors (Lipinski definition) is 4. The maximum Gasteiger partial charge on any atom is 0.269 e. The Labute approximate surface area is 194 Å². The predicted molar refractivity (Wildman–Crippen MR) is 130 cm³/mol. The summed E-state index contributed by atoms with van der Waals surface area (Å²) in [6.07, 6.45) is 5.68. The van der Waals surface area contributed by atoms with E-state index in [2.05, 4.69) is 28.4 Å². The molecule has 170 valence electrons. The van der Waals surface area contributed by atoms with Crippen LogP contribution in [0.5, 0.6) is 0 Å². The highest BCUT2D eigenvalue weighted by Crippen LogP contribution is 2.12. The summed E-state index contributed by atoms with van der Waals surface area (Å²) in [6, 6.07) is 13.7. The average molecular weight is 455 g/mol. The number of hydrogen-bond acceptors (Lipinski definition) is 4. The monoisotopic (exact) mass is 454 g/mol. The summed E-state index contributed by atoms with van der Waals surface area (Å²) in [5.74, 6) is -0.821. The average Bonchev–Trinajstić information content (AvgIpc) is 2.77. The van der Waals surface area contributed by atoms with Crippen molar-refractivity contribution in [3.05, 3.63) is 65.2 Å². The second-order valence-electron chi connectivity index (χ2n) is 7.52.